The van der Waals surface area contributed by atoms with E-state index in [1.165, 1.54) is 6.20 Å². The second-order valence-corrected chi connectivity index (χ2v) is 5.41. The Labute approximate surface area is 138 Å². The number of carbonyl (C=O) groups excluding carboxylic acids is 1. The van der Waals surface area contributed by atoms with E-state index in [0.717, 1.165) is 5.56 Å². The van der Waals surface area contributed by atoms with Gasteiger partial charge in [0.25, 0.3) is 0 Å². The second kappa shape index (κ2) is 7.33. The second-order valence-electron chi connectivity index (χ2n) is 4.57. The highest BCUT2D eigenvalue weighted by atomic mass is 35.5. The van der Waals surface area contributed by atoms with Crippen LogP contribution in [0.4, 0.5) is 11.5 Å². The molecular formula is C15H15Cl2N3O2. The van der Waals surface area contributed by atoms with Gasteiger partial charge in [-0.3, -0.25) is 4.79 Å². The molecule has 0 saturated carbocycles. The summed E-state index contributed by atoms with van der Waals surface area (Å²) in [6.07, 6.45) is 1.47. The largest absolute Gasteiger partial charge is 0.495 e. The van der Waals surface area contributed by atoms with Crippen LogP contribution in [-0.4, -0.2) is 24.5 Å². The third-order valence-corrected chi connectivity index (χ3v) is 3.55. The summed E-state index contributed by atoms with van der Waals surface area (Å²) in [5, 5.41) is 6.80. The van der Waals surface area contributed by atoms with E-state index in [9.17, 15) is 4.79 Å². The van der Waals surface area contributed by atoms with Gasteiger partial charge in [0.2, 0.25) is 5.91 Å². The van der Waals surface area contributed by atoms with Crippen molar-refractivity contribution in [2.75, 3.05) is 24.3 Å². The molecule has 0 radical (unpaired) electrons. The number of rotatable bonds is 5. The van der Waals surface area contributed by atoms with Crippen molar-refractivity contribution in [1.29, 1.82) is 0 Å². The predicted molar refractivity (Wildman–Crippen MR) is 89.1 cm³/mol. The van der Waals surface area contributed by atoms with E-state index in [4.69, 9.17) is 27.9 Å². The summed E-state index contributed by atoms with van der Waals surface area (Å²) in [4.78, 5) is 15.9. The first-order chi connectivity index (χ1) is 10.5. The number of methoxy groups -OCH3 is 1. The predicted octanol–water partition coefficient (Wildman–Crippen LogP) is 3.76. The van der Waals surface area contributed by atoms with Crippen LogP contribution in [0.3, 0.4) is 0 Å². The normalized spacial score (nSPS) is 10.2. The first kappa shape index (κ1) is 16.4. The molecule has 2 N–H and O–H groups in total. The minimum absolute atomic E-state index is 0.0712. The number of ether oxygens (including phenoxy) is 1. The highest BCUT2D eigenvalue weighted by Gasteiger charge is 2.09. The van der Waals surface area contributed by atoms with Gasteiger partial charge in [-0.1, -0.05) is 23.2 Å². The highest BCUT2D eigenvalue weighted by Crippen LogP contribution is 2.30. The summed E-state index contributed by atoms with van der Waals surface area (Å²) in [6, 6.07) is 6.82. The molecule has 0 aliphatic heterocycles. The maximum absolute atomic E-state index is 11.9. The minimum atomic E-state index is -0.232. The molecule has 116 valence electrons. The molecule has 0 aliphatic carbocycles. The number of pyridine rings is 1. The van der Waals surface area contributed by atoms with E-state index in [1.807, 2.05) is 13.0 Å². The van der Waals surface area contributed by atoms with Gasteiger partial charge in [0.1, 0.15) is 11.6 Å². The Hall–Kier alpha value is -1.98. The van der Waals surface area contributed by atoms with Crippen molar-refractivity contribution >= 4 is 40.6 Å². The SMILES string of the molecule is COc1cc(Cl)c(C)cc1NCC(=O)Nc1ccc(Cl)cn1. The Morgan fingerprint density at radius 2 is 2.09 bits per heavy atom. The first-order valence-electron chi connectivity index (χ1n) is 6.49. The van der Waals surface area contributed by atoms with E-state index in [1.54, 1.807) is 25.3 Å². The Balaban J connectivity index is 1.99. The number of aromatic nitrogens is 1. The summed E-state index contributed by atoms with van der Waals surface area (Å²) < 4.78 is 5.24. The van der Waals surface area contributed by atoms with Gasteiger partial charge in [0.05, 0.1) is 24.4 Å². The number of aryl methyl sites for hydroxylation is 1. The Morgan fingerprint density at radius 1 is 1.32 bits per heavy atom. The fourth-order valence-electron chi connectivity index (χ4n) is 1.78. The molecule has 2 aromatic rings. The van der Waals surface area contributed by atoms with Crippen molar-refractivity contribution in [3.8, 4) is 5.75 Å². The molecule has 1 aromatic carbocycles. The van der Waals surface area contributed by atoms with Crippen molar-refractivity contribution in [2.24, 2.45) is 0 Å². The molecule has 0 spiro atoms. The maximum atomic E-state index is 11.9. The number of hydrogen-bond donors (Lipinski definition) is 2. The average molecular weight is 340 g/mol. The number of hydrogen-bond acceptors (Lipinski definition) is 4. The van der Waals surface area contributed by atoms with Gasteiger partial charge >= 0.3 is 0 Å². The maximum Gasteiger partial charge on any atom is 0.244 e. The van der Waals surface area contributed by atoms with Crippen LogP contribution in [0.5, 0.6) is 5.75 Å². The van der Waals surface area contributed by atoms with E-state index in [2.05, 4.69) is 15.6 Å². The van der Waals surface area contributed by atoms with Gasteiger partial charge < -0.3 is 15.4 Å². The fraction of sp³-hybridized carbons (Fsp3) is 0.200. The van der Waals surface area contributed by atoms with E-state index in [-0.39, 0.29) is 12.5 Å². The number of amides is 1. The molecule has 1 heterocycles. The summed E-state index contributed by atoms with van der Waals surface area (Å²) in [6.45, 7) is 1.95. The minimum Gasteiger partial charge on any atom is -0.495 e. The third kappa shape index (κ3) is 4.26. The van der Waals surface area contributed by atoms with Crippen molar-refractivity contribution in [2.45, 2.75) is 6.92 Å². The molecule has 22 heavy (non-hydrogen) atoms. The van der Waals surface area contributed by atoms with Crippen molar-refractivity contribution in [1.82, 2.24) is 4.98 Å². The number of halogens is 2. The molecule has 0 bridgehead atoms. The zero-order valence-electron chi connectivity index (χ0n) is 12.1. The third-order valence-electron chi connectivity index (χ3n) is 2.92. The van der Waals surface area contributed by atoms with Crippen LogP contribution in [0.1, 0.15) is 5.56 Å². The Bertz CT molecular complexity index is 675. The summed E-state index contributed by atoms with van der Waals surface area (Å²) in [5.41, 5.74) is 1.59. The molecule has 0 saturated heterocycles. The van der Waals surface area contributed by atoms with Gasteiger partial charge in [0, 0.05) is 17.3 Å². The Kier molecular flexibility index (Phi) is 5.46. The highest BCUT2D eigenvalue weighted by molar-refractivity contribution is 6.31. The smallest absolute Gasteiger partial charge is 0.244 e. The standard InChI is InChI=1S/C15H15Cl2N3O2/c1-9-5-12(13(22-2)6-11(9)17)18-8-15(21)20-14-4-3-10(16)7-19-14/h3-7,18H,8H2,1-2H3,(H,19,20,21). The van der Waals surface area contributed by atoms with Crippen molar-refractivity contribution in [3.05, 3.63) is 46.1 Å². The van der Waals surface area contributed by atoms with Gasteiger partial charge in [-0.25, -0.2) is 4.98 Å². The molecule has 0 aliphatic rings. The molecule has 0 fully saturated rings. The van der Waals surface area contributed by atoms with E-state index < -0.39 is 0 Å². The number of benzene rings is 1. The van der Waals surface area contributed by atoms with Crippen LogP contribution >= 0.6 is 23.2 Å². The van der Waals surface area contributed by atoms with Crippen LogP contribution in [0.25, 0.3) is 0 Å². The summed E-state index contributed by atoms with van der Waals surface area (Å²) in [5.74, 6) is 0.785. The molecule has 1 amide bonds. The lowest BCUT2D eigenvalue weighted by Crippen LogP contribution is -2.22. The first-order valence-corrected chi connectivity index (χ1v) is 7.24. The van der Waals surface area contributed by atoms with E-state index in [0.29, 0.717) is 27.3 Å². The number of nitrogens with one attached hydrogen (secondary N) is 2. The van der Waals surface area contributed by atoms with Gasteiger partial charge in [-0.15, -0.1) is 0 Å². The summed E-state index contributed by atoms with van der Waals surface area (Å²) in [7, 11) is 1.55. The monoisotopic (exact) mass is 339 g/mol. The van der Waals surface area contributed by atoms with Gasteiger partial charge in [0.15, 0.2) is 0 Å². The molecule has 2 rings (SSSR count). The molecule has 0 atom stereocenters. The Morgan fingerprint density at radius 3 is 2.73 bits per heavy atom. The molecular weight excluding hydrogens is 325 g/mol. The number of anilines is 2. The quantitative estimate of drug-likeness (QED) is 0.870. The van der Waals surface area contributed by atoms with Crippen molar-refractivity contribution in [3.63, 3.8) is 0 Å². The zero-order valence-corrected chi connectivity index (χ0v) is 13.6. The van der Waals surface area contributed by atoms with Gasteiger partial charge in [-0.05, 0) is 30.7 Å². The van der Waals surface area contributed by atoms with Crippen LogP contribution in [0, 0.1) is 6.92 Å². The molecule has 0 unspecified atom stereocenters. The van der Waals surface area contributed by atoms with Crippen LogP contribution < -0.4 is 15.4 Å². The van der Waals surface area contributed by atoms with Gasteiger partial charge in [-0.2, -0.15) is 0 Å². The van der Waals surface area contributed by atoms with Crippen LogP contribution in [0.2, 0.25) is 10.0 Å². The average Bonchev–Trinajstić information content (AvgIpc) is 2.50. The van der Waals surface area contributed by atoms with E-state index >= 15 is 0 Å². The number of carbonyl (C=O) groups is 1. The van der Waals surface area contributed by atoms with Crippen molar-refractivity contribution < 1.29 is 9.53 Å². The lowest BCUT2D eigenvalue weighted by molar-refractivity contribution is -0.114. The molecule has 7 heteroatoms. The number of nitrogens with zero attached hydrogens (tertiary/aromatic N) is 1. The summed E-state index contributed by atoms with van der Waals surface area (Å²) >= 11 is 11.8. The lowest BCUT2D eigenvalue weighted by atomic mass is 10.2. The fourth-order valence-corrected chi connectivity index (χ4v) is 2.05. The lowest BCUT2D eigenvalue weighted by Gasteiger charge is -2.13. The topological polar surface area (TPSA) is 63.2 Å². The zero-order chi connectivity index (χ0) is 16.1. The molecule has 5 nitrogen and oxygen atoms in total. The molecule has 1 aromatic heterocycles. The van der Waals surface area contributed by atoms with Crippen LogP contribution in [-0.2, 0) is 4.79 Å². The van der Waals surface area contributed by atoms with Crippen LogP contribution in [0.15, 0.2) is 30.5 Å².